The molecule has 0 amide bonds. The Morgan fingerprint density at radius 3 is 2.82 bits per heavy atom. The van der Waals surface area contributed by atoms with Crippen molar-refractivity contribution in [2.45, 2.75) is 18.2 Å². The predicted molar refractivity (Wildman–Crippen MR) is 69.5 cm³/mol. The average Bonchev–Trinajstić information content (AvgIpc) is 2.37. The van der Waals surface area contributed by atoms with Crippen molar-refractivity contribution in [2.75, 3.05) is 13.4 Å². The fourth-order valence-corrected chi connectivity index (χ4v) is 2.02. The van der Waals surface area contributed by atoms with Gasteiger partial charge in [-0.1, -0.05) is 23.4 Å². The van der Waals surface area contributed by atoms with Crippen molar-refractivity contribution in [3.05, 3.63) is 23.1 Å². The molecule has 0 saturated heterocycles. The molecule has 0 saturated carbocycles. The lowest BCUT2D eigenvalue weighted by molar-refractivity contribution is 0.116. The Hall–Kier alpha value is -0.910. The molecule has 0 aliphatic heterocycles. The summed E-state index contributed by atoms with van der Waals surface area (Å²) in [5, 5.41) is 1.95. The molecule has 0 radical (unpaired) electrons. The lowest BCUT2D eigenvalue weighted by Gasteiger charge is -2.10. The maximum Gasteiger partial charge on any atom is 0.187 e. The summed E-state index contributed by atoms with van der Waals surface area (Å²) in [4.78, 5) is 12.8. The van der Waals surface area contributed by atoms with Gasteiger partial charge in [0, 0.05) is 18.7 Å². The third-order valence-electron chi connectivity index (χ3n) is 2.47. The summed E-state index contributed by atoms with van der Waals surface area (Å²) in [7, 11) is 1.64. The van der Waals surface area contributed by atoms with Crippen LogP contribution in [0, 0.1) is 0 Å². The van der Waals surface area contributed by atoms with Crippen LogP contribution >= 0.6 is 23.4 Å². The summed E-state index contributed by atoms with van der Waals surface area (Å²) in [5.74, 6) is 0. The SMILES string of the molecule is CO[C@H](C)c1cc2cnc(SC)nc2c(Cl)n1. The van der Waals surface area contributed by atoms with E-state index in [1.807, 2.05) is 19.2 Å². The van der Waals surface area contributed by atoms with Gasteiger partial charge in [0.2, 0.25) is 0 Å². The predicted octanol–water partition coefficient (Wildman–Crippen LogP) is 3.11. The molecule has 1 atom stereocenters. The number of aromatic nitrogens is 3. The second-order valence-electron chi connectivity index (χ2n) is 3.51. The van der Waals surface area contributed by atoms with E-state index in [1.54, 1.807) is 13.3 Å². The van der Waals surface area contributed by atoms with Gasteiger partial charge < -0.3 is 4.74 Å². The van der Waals surface area contributed by atoms with Crippen molar-refractivity contribution in [1.82, 2.24) is 15.0 Å². The molecule has 0 N–H and O–H groups in total. The maximum absolute atomic E-state index is 6.13. The van der Waals surface area contributed by atoms with Crippen LogP contribution in [0.15, 0.2) is 17.4 Å². The minimum atomic E-state index is -0.0999. The highest BCUT2D eigenvalue weighted by Gasteiger charge is 2.11. The Balaban J connectivity index is 2.59. The first kappa shape index (κ1) is 12.5. The highest BCUT2D eigenvalue weighted by atomic mass is 35.5. The first-order valence-corrected chi connectivity index (χ1v) is 6.66. The lowest BCUT2D eigenvalue weighted by Crippen LogP contribution is -2.01. The van der Waals surface area contributed by atoms with Gasteiger partial charge in [-0.2, -0.15) is 0 Å². The zero-order valence-corrected chi connectivity index (χ0v) is 11.3. The number of hydrogen-bond acceptors (Lipinski definition) is 5. The fourth-order valence-electron chi connectivity index (χ4n) is 1.43. The van der Waals surface area contributed by atoms with Gasteiger partial charge in [-0.25, -0.2) is 15.0 Å². The Kier molecular flexibility index (Phi) is 3.81. The number of pyridine rings is 1. The van der Waals surface area contributed by atoms with Crippen LogP contribution in [0.4, 0.5) is 0 Å². The molecule has 2 aromatic heterocycles. The van der Waals surface area contributed by atoms with E-state index in [4.69, 9.17) is 16.3 Å². The van der Waals surface area contributed by atoms with Crippen LogP contribution in [-0.2, 0) is 4.74 Å². The van der Waals surface area contributed by atoms with E-state index in [2.05, 4.69) is 15.0 Å². The molecule has 90 valence electrons. The molecule has 0 aliphatic rings. The van der Waals surface area contributed by atoms with Gasteiger partial charge in [0.05, 0.1) is 11.8 Å². The molecule has 2 heterocycles. The molecule has 0 bridgehead atoms. The first-order chi connectivity index (χ1) is 8.15. The zero-order chi connectivity index (χ0) is 12.4. The van der Waals surface area contributed by atoms with Crippen molar-refractivity contribution in [1.29, 1.82) is 0 Å². The normalized spacial score (nSPS) is 12.9. The third kappa shape index (κ3) is 2.51. The Morgan fingerprint density at radius 2 is 2.18 bits per heavy atom. The molecule has 0 unspecified atom stereocenters. The largest absolute Gasteiger partial charge is 0.375 e. The van der Waals surface area contributed by atoms with E-state index in [0.717, 1.165) is 11.1 Å². The molecule has 0 aliphatic carbocycles. The second kappa shape index (κ2) is 5.16. The van der Waals surface area contributed by atoms with Crippen LogP contribution in [0.1, 0.15) is 18.7 Å². The smallest absolute Gasteiger partial charge is 0.187 e. The lowest BCUT2D eigenvalue weighted by atomic mass is 10.2. The highest BCUT2D eigenvalue weighted by Crippen LogP contribution is 2.25. The van der Waals surface area contributed by atoms with Gasteiger partial charge in [0.25, 0.3) is 0 Å². The van der Waals surface area contributed by atoms with E-state index < -0.39 is 0 Å². The number of hydrogen-bond donors (Lipinski definition) is 0. The molecule has 17 heavy (non-hydrogen) atoms. The number of rotatable bonds is 3. The average molecular weight is 270 g/mol. The standard InChI is InChI=1S/C11H12ClN3OS/c1-6(16-2)8-4-7-5-13-11(17-3)15-9(7)10(12)14-8/h4-6H,1-3H3/t6-/m1/s1. The number of thioether (sulfide) groups is 1. The van der Waals surface area contributed by atoms with Gasteiger partial charge in [0.15, 0.2) is 10.3 Å². The van der Waals surface area contributed by atoms with Crippen molar-refractivity contribution in [2.24, 2.45) is 0 Å². The van der Waals surface area contributed by atoms with E-state index >= 15 is 0 Å². The van der Waals surface area contributed by atoms with Crippen molar-refractivity contribution in [3.63, 3.8) is 0 Å². The molecule has 2 rings (SSSR count). The number of nitrogens with zero attached hydrogens (tertiary/aromatic N) is 3. The molecule has 2 aromatic rings. The quantitative estimate of drug-likeness (QED) is 0.487. The van der Waals surface area contributed by atoms with E-state index in [1.165, 1.54) is 11.8 Å². The van der Waals surface area contributed by atoms with Gasteiger partial charge >= 0.3 is 0 Å². The molecular weight excluding hydrogens is 258 g/mol. The van der Waals surface area contributed by atoms with Crippen LogP contribution in [0.2, 0.25) is 5.15 Å². The van der Waals surface area contributed by atoms with Crippen LogP contribution < -0.4 is 0 Å². The molecule has 0 spiro atoms. The third-order valence-corrected chi connectivity index (χ3v) is 3.30. The maximum atomic E-state index is 6.13. The fraction of sp³-hybridized carbons (Fsp3) is 0.364. The van der Waals surface area contributed by atoms with Gasteiger partial charge in [-0.05, 0) is 19.2 Å². The topological polar surface area (TPSA) is 47.9 Å². The van der Waals surface area contributed by atoms with Crippen LogP contribution in [0.3, 0.4) is 0 Å². The van der Waals surface area contributed by atoms with Gasteiger partial charge in [0.1, 0.15) is 5.52 Å². The summed E-state index contributed by atoms with van der Waals surface area (Å²) < 4.78 is 5.22. The minimum absolute atomic E-state index is 0.0999. The van der Waals surface area contributed by atoms with Crippen LogP contribution in [0.25, 0.3) is 10.9 Å². The van der Waals surface area contributed by atoms with Crippen molar-refractivity contribution in [3.8, 4) is 0 Å². The summed E-state index contributed by atoms with van der Waals surface area (Å²) in [6, 6.07) is 1.90. The summed E-state index contributed by atoms with van der Waals surface area (Å²) in [6.45, 7) is 1.92. The molecule has 0 aromatic carbocycles. The van der Waals surface area contributed by atoms with Gasteiger partial charge in [-0.15, -0.1) is 0 Å². The number of fused-ring (bicyclic) bond motifs is 1. The van der Waals surface area contributed by atoms with E-state index in [9.17, 15) is 0 Å². The van der Waals surface area contributed by atoms with Crippen molar-refractivity contribution < 1.29 is 4.74 Å². The van der Waals surface area contributed by atoms with Crippen molar-refractivity contribution >= 4 is 34.3 Å². The monoisotopic (exact) mass is 269 g/mol. The summed E-state index contributed by atoms with van der Waals surface area (Å²) in [6.07, 6.45) is 3.58. The number of halogens is 1. The highest BCUT2D eigenvalue weighted by molar-refractivity contribution is 7.98. The molecular formula is C11H12ClN3OS. The second-order valence-corrected chi connectivity index (χ2v) is 4.64. The van der Waals surface area contributed by atoms with Crippen LogP contribution in [-0.4, -0.2) is 28.3 Å². The Bertz CT molecular complexity index is 549. The Morgan fingerprint density at radius 1 is 1.41 bits per heavy atom. The van der Waals surface area contributed by atoms with E-state index in [0.29, 0.717) is 15.8 Å². The molecule has 4 nitrogen and oxygen atoms in total. The Labute approximate surface area is 109 Å². The minimum Gasteiger partial charge on any atom is -0.375 e. The molecule has 6 heteroatoms. The summed E-state index contributed by atoms with van der Waals surface area (Å²) in [5.41, 5.74) is 1.46. The number of methoxy groups -OCH3 is 1. The molecule has 0 fully saturated rings. The zero-order valence-electron chi connectivity index (χ0n) is 9.77. The van der Waals surface area contributed by atoms with E-state index in [-0.39, 0.29) is 6.10 Å². The summed E-state index contributed by atoms with van der Waals surface area (Å²) >= 11 is 7.60. The van der Waals surface area contributed by atoms with Gasteiger partial charge in [-0.3, -0.25) is 0 Å². The number of ether oxygens (including phenoxy) is 1. The first-order valence-electron chi connectivity index (χ1n) is 5.05. The van der Waals surface area contributed by atoms with Crippen LogP contribution in [0.5, 0.6) is 0 Å².